The van der Waals surface area contributed by atoms with Gasteiger partial charge in [0.05, 0.1) is 11.4 Å². The Hall–Kier alpha value is -2.15. The number of nitrogens with zero attached hydrogens (tertiary/aromatic N) is 2. The predicted octanol–water partition coefficient (Wildman–Crippen LogP) is 1.88. The molecule has 2 aromatic rings. The molecule has 1 aromatic heterocycles. The lowest BCUT2D eigenvalue weighted by Crippen LogP contribution is -2.41. The third kappa shape index (κ3) is 3.01. The third-order valence-electron chi connectivity index (χ3n) is 4.07. The van der Waals surface area contributed by atoms with E-state index in [1.807, 2.05) is 24.3 Å². The second-order valence-electron chi connectivity index (χ2n) is 5.75. The normalized spacial score (nSPS) is 15.5. The van der Waals surface area contributed by atoms with Crippen LogP contribution in [-0.2, 0) is 26.8 Å². The molecule has 7 heteroatoms. The molecule has 3 rings (SSSR count). The topological polar surface area (TPSA) is 80.5 Å². The fraction of sp³-hybridized carbons (Fsp3) is 0.375. The highest BCUT2D eigenvalue weighted by Gasteiger charge is 2.35. The van der Waals surface area contributed by atoms with Gasteiger partial charge in [0.25, 0.3) is 0 Å². The van der Waals surface area contributed by atoms with Crippen molar-refractivity contribution < 1.29 is 17.7 Å². The first-order chi connectivity index (χ1) is 10.9. The van der Waals surface area contributed by atoms with Crippen molar-refractivity contribution >= 4 is 21.4 Å². The molecule has 1 unspecified atom stereocenters. The van der Waals surface area contributed by atoms with E-state index in [0.717, 1.165) is 17.7 Å². The molecule has 0 N–H and O–H groups in total. The van der Waals surface area contributed by atoms with Crippen LogP contribution in [0.1, 0.15) is 23.9 Å². The molecule has 0 spiro atoms. The zero-order chi connectivity index (χ0) is 16.6. The Balaban J connectivity index is 1.80. The molecular formula is C16H18N2O4S. The van der Waals surface area contributed by atoms with Gasteiger partial charge in [-0.2, -0.15) is 0 Å². The van der Waals surface area contributed by atoms with Gasteiger partial charge in [-0.05, 0) is 31.9 Å². The molecule has 1 amide bonds. The second-order valence-corrected chi connectivity index (χ2v) is 8.07. The van der Waals surface area contributed by atoms with Gasteiger partial charge in [-0.25, -0.2) is 8.42 Å². The number of rotatable bonds is 4. The summed E-state index contributed by atoms with van der Waals surface area (Å²) >= 11 is 0. The predicted molar refractivity (Wildman–Crippen MR) is 85.8 cm³/mol. The Morgan fingerprint density at radius 3 is 2.83 bits per heavy atom. The molecule has 6 nitrogen and oxygen atoms in total. The van der Waals surface area contributed by atoms with Crippen LogP contribution in [0.3, 0.4) is 0 Å². The molecule has 0 fully saturated rings. The van der Waals surface area contributed by atoms with Gasteiger partial charge in [-0.3, -0.25) is 4.79 Å². The molecule has 2 heterocycles. The molecule has 23 heavy (non-hydrogen) atoms. The highest BCUT2D eigenvalue weighted by Crippen LogP contribution is 2.29. The largest absolute Gasteiger partial charge is 0.361 e. The number of amides is 1. The summed E-state index contributed by atoms with van der Waals surface area (Å²) in [4.78, 5) is 14.2. The Bertz CT molecular complexity index is 841. The number of hydrogen-bond donors (Lipinski definition) is 0. The zero-order valence-electron chi connectivity index (χ0n) is 13.0. The van der Waals surface area contributed by atoms with E-state index in [2.05, 4.69) is 5.16 Å². The summed E-state index contributed by atoms with van der Waals surface area (Å²) in [7, 11) is -3.65. The molecule has 1 aromatic carbocycles. The van der Waals surface area contributed by atoms with Gasteiger partial charge in [0.15, 0.2) is 9.84 Å². The van der Waals surface area contributed by atoms with E-state index in [1.165, 1.54) is 6.92 Å². The van der Waals surface area contributed by atoms with Crippen LogP contribution in [0, 0.1) is 6.92 Å². The van der Waals surface area contributed by atoms with E-state index in [9.17, 15) is 13.2 Å². The van der Waals surface area contributed by atoms with Crippen LogP contribution in [0.15, 0.2) is 34.9 Å². The maximum atomic E-state index is 12.7. The summed E-state index contributed by atoms with van der Waals surface area (Å²) in [6.45, 7) is 3.64. The number of carbonyl (C=O) groups is 1. The van der Waals surface area contributed by atoms with Gasteiger partial charge in [-0.15, -0.1) is 0 Å². The standard InChI is InChI=1S/C16H18N2O4S/c1-11-9-14(17-22-11)10-23(20,21)12(2)16(19)18-8-7-13-5-3-4-6-15(13)18/h3-6,9,12H,7-8,10H2,1-2H3. The highest BCUT2D eigenvalue weighted by molar-refractivity contribution is 7.92. The average Bonchev–Trinajstić information content (AvgIpc) is 3.11. The van der Waals surface area contributed by atoms with Crippen LogP contribution in [0.2, 0.25) is 0 Å². The number of aromatic nitrogens is 1. The number of carbonyl (C=O) groups excluding carboxylic acids is 1. The summed E-state index contributed by atoms with van der Waals surface area (Å²) < 4.78 is 29.9. The Kier molecular flexibility index (Phi) is 3.97. The van der Waals surface area contributed by atoms with Gasteiger partial charge in [0.1, 0.15) is 11.0 Å². The minimum absolute atomic E-state index is 0.299. The van der Waals surface area contributed by atoms with E-state index < -0.39 is 21.0 Å². The second kappa shape index (κ2) is 5.81. The first-order valence-electron chi connectivity index (χ1n) is 7.41. The van der Waals surface area contributed by atoms with Crippen LogP contribution in [-0.4, -0.2) is 31.3 Å². The number of sulfone groups is 1. The fourth-order valence-electron chi connectivity index (χ4n) is 2.76. The summed E-state index contributed by atoms with van der Waals surface area (Å²) in [6, 6.07) is 9.14. The quantitative estimate of drug-likeness (QED) is 0.853. The molecule has 0 saturated carbocycles. The monoisotopic (exact) mass is 334 g/mol. The van der Waals surface area contributed by atoms with Crippen molar-refractivity contribution in [3.63, 3.8) is 0 Å². The summed E-state index contributed by atoms with van der Waals surface area (Å²) in [5.74, 6) is -0.148. The van der Waals surface area contributed by atoms with Gasteiger partial charge < -0.3 is 9.42 Å². The molecule has 0 saturated heterocycles. The molecule has 0 radical (unpaired) electrons. The molecule has 1 atom stereocenters. The van der Waals surface area contributed by atoms with Crippen molar-refractivity contribution in [3.05, 3.63) is 47.3 Å². The van der Waals surface area contributed by atoms with E-state index in [4.69, 9.17) is 4.52 Å². The Morgan fingerprint density at radius 2 is 2.13 bits per heavy atom. The number of benzene rings is 1. The van der Waals surface area contributed by atoms with Crippen molar-refractivity contribution in [2.75, 3.05) is 11.4 Å². The minimum atomic E-state index is -3.65. The lowest BCUT2D eigenvalue weighted by molar-refractivity contribution is -0.117. The van der Waals surface area contributed by atoms with Gasteiger partial charge >= 0.3 is 0 Å². The van der Waals surface area contributed by atoms with Crippen LogP contribution in [0.25, 0.3) is 0 Å². The van der Waals surface area contributed by atoms with Crippen molar-refractivity contribution in [1.82, 2.24) is 5.16 Å². The number of para-hydroxylation sites is 1. The summed E-state index contributed by atoms with van der Waals surface area (Å²) in [6.07, 6.45) is 0.747. The number of fused-ring (bicyclic) bond motifs is 1. The Labute approximate surface area is 135 Å². The number of anilines is 1. The molecule has 0 bridgehead atoms. The number of aryl methyl sites for hydroxylation is 1. The maximum absolute atomic E-state index is 12.7. The smallest absolute Gasteiger partial charge is 0.245 e. The van der Waals surface area contributed by atoms with Crippen LogP contribution in [0.5, 0.6) is 0 Å². The summed E-state index contributed by atoms with van der Waals surface area (Å²) in [5.41, 5.74) is 2.19. The molecule has 1 aliphatic heterocycles. The van der Waals surface area contributed by atoms with Gasteiger partial charge in [0.2, 0.25) is 5.91 Å². The highest BCUT2D eigenvalue weighted by atomic mass is 32.2. The average molecular weight is 334 g/mol. The van der Waals surface area contributed by atoms with Crippen molar-refractivity contribution in [1.29, 1.82) is 0 Å². The molecule has 1 aliphatic rings. The van der Waals surface area contributed by atoms with Crippen molar-refractivity contribution in [3.8, 4) is 0 Å². The number of hydrogen-bond acceptors (Lipinski definition) is 5. The minimum Gasteiger partial charge on any atom is -0.361 e. The van der Waals surface area contributed by atoms with E-state index >= 15 is 0 Å². The Morgan fingerprint density at radius 1 is 1.39 bits per heavy atom. The van der Waals surface area contributed by atoms with Crippen LogP contribution < -0.4 is 4.90 Å². The maximum Gasteiger partial charge on any atom is 0.245 e. The fourth-order valence-corrected chi connectivity index (χ4v) is 3.99. The van der Waals surface area contributed by atoms with Crippen LogP contribution in [0.4, 0.5) is 5.69 Å². The SMILES string of the molecule is Cc1cc(CS(=O)(=O)C(C)C(=O)N2CCc3ccccc32)no1. The molecule has 0 aliphatic carbocycles. The lowest BCUT2D eigenvalue weighted by Gasteiger charge is -2.21. The van der Waals surface area contributed by atoms with Crippen LogP contribution >= 0.6 is 0 Å². The van der Waals surface area contributed by atoms with Gasteiger partial charge in [-0.1, -0.05) is 23.4 Å². The first kappa shape index (κ1) is 15.7. The van der Waals surface area contributed by atoms with E-state index in [1.54, 1.807) is 17.9 Å². The third-order valence-corrected chi connectivity index (χ3v) is 6.04. The lowest BCUT2D eigenvalue weighted by atomic mass is 10.2. The van der Waals surface area contributed by atoms with Gasteiger partial charge in [0, 0.05) is 18.3 Å². The van der Waals surface area contributed by atoms with E-state index in [0.29, 0.717) is 18.0 Å². The first-order valence-corrected chi connectivity index (χ1v) is 9.13. The van der Waals surface area contributed by atoms with Crippen molar-refractivity contribution in [2.24, 2.45) is 0 Å². The molecular weight excluding hydrogens is 316 g/mol. The van der Waals surface area contributed by atoms with E-state index in [-0.39, 0.29) is 5.75 Å². The zero-order valence-corrected chi connectivity index (χ0v) is 13.8. The van der Waals surface area contributed by atoms with Crippen molar-refractivity contribution in [2.45, 2.75) is 31.3 Å². The summed E-state index contributed by atoms with van der Waals surface area (Å²) in [5, 5.41) is 2.58. The molecule has 122 valence electrons.